The molecule has 5 nitrogen and oxygen atoms in total. The van der Waals surface area contributed by atoms with Crippen LogP contribution in [0.4, 0.5) is 11.8 Å². The highest BCUT2D eigenvalue weighted by atomic mass is 32.1. The molecule has 0 unspecified atom stereocenters. The molecule has 1 fully saturated rings. The summed E-state index contributed by atoms with van der Waals surface area (Å²) in [5.41, 5.74) is 4.05. The van der Waals surface area contributed by atoms with Gasteiger partial charge in [0, 0.05) is 36.9 Å². The van der Waals surface area contributed by atoms with Gasteiger partial charge in [0.25, 0.3) is 0 Å². The number of nitrogens with zero attached hydrogens (tertiary/aromatic N) is 3. The summed E-state index contributed by atoms with van der Waals surface area (Å²) in [6, 6.07) is 9.21. The Morgan fingerprint density at radius 2 is 1.84 bits per heavy atom. The SMILES string of the molecule is CN(C)c1nc(NC2CCC(CNCc3csc4ccccc34)CC2)nc2c1CCCC2. The number of anilines is 2. The largest absolute Gasteiger partial charge is 0.362 e. The summed E-state index contributed by atoms with van der Waals surface area (Å²) < 4.78 is 1.39. The van der Waals surface area contributed by atoms with Crippen LogP contribution in [0, 0.1) is 5.92 Å². The van der Waals surface area contributed by atoms with Crippen molar-refractivity contribution >= 4 is 33.2 Å². The molecule has 1 saturated carbocycles. The van der Waals surface area contributed by atoms with E-state index < -0.39 is 0 Å². The second-order valence-corrected chi connectivity index (χ2v) is 10.6. The van der Waals surface area contributed by atoms with Gasteiger partial charge in [-0.15, -0.1) is 11.3 Å². The average molecular weight is 450 g/mol. The number of hydrogen-bond acceptors (Lipinski definition) is 6. The normalized spacial score (nSPS) is 20.8. The lowest BCUT2D eigenvalue weighted by atomic mass is 9.86. The maximum atomic E-state index is 4.91. The molecule has 2 heterocycles. The van der Waals surface area contributed by atoms with Crippen LogP contribution in [0.25, 0.3) is 10.1 Å². The molecule has 170 valence electrons. The van der Waals surface area contributed by atoms with Gasteiger partial charge in [0.15, 0.2) is 0 Å². The predicted octanol–water partition coefficient (Wildman–Crippen LogP) is 5.40. The van der Waals surface area contributed by atoms with Crippen molar-refractivity contribution in [2.24, 2.45) is 5.92 Å². The quantitative estimate of drug-likeness (QED) is 0.506. The van der Waals surface area contributed by atoms with Crippen LogP contribution in [0.2, 0.25) is 0 Å². The van der Waals surface area contributed by atoms with Crippen molar-refractivity contribution in [1.82, 2.24) is 15.3 Å². The lowest BCUT2D eigenvalue weighted by Crippen LogP contribution is -2.32. The lowest BCUT2D eigenvalue weighted by Gasteiger charge is -2.30. The van der Waals surface area contributed by atoms with Crippen LogP contribution in [0.3, 0.4) is 0 Å². The molecule has 0 saturated heterocycles. The highest BCUT2D eigenvalue weighted by Gasteiger charge is 2.24. The maximum absolute atomic E-state index is 4.91. The Kier molecular flexibility index (Phi) is 6.60. The van der Waals surface area contributed by atoms with Crippen LogP contribution >= 0.6 is 11.3 Å². The third-order valence-corrected chi connectivity index (χ3v) is 8.09. The molecule has 0 spiro atoms. The Hall–Kier alpha value is -2.18. The van der Waals surface area contributed by atoms with E-state index in [1.165, 1.54) is 65.4 Å². The highest BCUT2D eigenvalue weighted by Crippen LogP contribution is 2.30. The molecule has 32 heavy (non-hydrogen) atoms. The average Bonchev–Trinajstić information content (AvgIpc) is 3.23. The fourth-order valence-corrected chi connectivity index (χ4v) is 6.25. The van der Waals surface area contributed by atoms with Crippen LogP contribution in [-0.4, -0.2) is 36.6 Å². The first-order valence-corrected chi connectivity index (χ1v) is 13.0. The Bertz CT molecular complexity index is 1050. The zero-order chi connectivity index (χ0) is 21.9. The second kappa shape index (κ2) is 9.75. The van der Waals surface area contributed by atoms with Crippen molar-refractivity contribution in [3.8, 4) is 0 Å². The first-order valence-electron chi connectivity index (χ1n) is 12.2. The Morgan fingerprint density at radius 1 is 1.03 bits per heavy atom. The van der Waals surface area contributed by atoms with E-state index in [1.54, 1.807) is 0 Å². The van der Waals surface area contributed by atoms with Crippen LogP contribution in [0.1, 0.15) is 55.3 Å². The van der Waals surface area contributed by atoms with Crippen molar-refractivity contribution in [2.75, 3.05) is 30.9 Å². The molecule has 2 aromatic heterocycles. The van der Waals surface area contributed by atoms with E-state index in [0.717, 1.165) is 43.6 Å². The van der Waals surface area contributed by atoms with E-state index in [-0.39, 0.29) is 0 Å². The van der Waals surface area contributed by atoms with Gasteiger partial charge >= 0.3 is 0 Å². The van der Waals surface area contributed by atoms with Gasteiger partial charge in [-0.2, -0.15) is 4.98 Å². The summed E-state index contributed by atoms with van der Waals surface area (Å²) in [6.45, 7) is 2.08. The smallest absolute Gasteiger partial charge is 0.225 e. The maximum Gasteiger partial charge on any atom is 0.225 e. The topological polar surface area (TPSA) is 53.1 Å². The molecule has 0 radical (unpaired) electrons. The Balaban J connectivity index is 1.12. The zero-order valence-electron chi connectivity index (χ0n) is 19.4. The minimum Gasteiger partial charge on any atom is -0.362 e. The molecule has 0 aliphatic heterocycles. The minimum absolute atomic E-state index is 0.490. The fourth-order valence-electron chi connectivity index (χ4n) is 5.28. The highest BCUT2D eigenvalue weighted by molar-refractivity contribution is 7.17. The summed E-state index contributed by atoms with van der Waals surface area (Å²) in [7, 11) is 4.19. The molecule has 2 aliphatic carbocycles. The van der Waals surface area contributed by atoms with Crippen LogP contribution in [0.5, 0.6) is 0 Å². The van der Waals surface area contributed by atoms with Crippen LogP contribution < -0.4 is 15.5 Å². The van der Waals surface area contributed by atoms with Crippen molar-refractivity contribution in [3.63, 3.8) is 0 Å². The zero-order valence-corrected chi connectivity index (χ0v) is 20.2. The standard InChI is InChI=1S/C26H35N5S/c1-31(2)25-22-8-3-5-9-23(22)29-26(30-25)28-20-13-11-18(12-14-20)15-27-16-19-17-32-24-10-6-4-7-21(19)24/h4,6-7,10,17-18,20,27H,3,5,8-9,11-16H2,1-2H3,(H,28,29,30). The van der Waals surface area contributed by atoms with E-state index in [1.807, 2.05) is 11.3 Å². The number of fused-ring (bicyclic) bond motifs is 2. The molecule has 0 atom stereocenters. The molecule has 1 aromatic carbocycles. The third-order valence-electron chi connectivity index (χ3n) is 7.07. The third kappa shape index (κ3) is 4.76. The number of nitrogens with one attached hydrogen (secondary N) is 2. The molecule has 6 heteroatoms. The molecular formula is C26H35N5S. The van der Waals surface area contributed by atoms with Gasteiger partial charge in [-0.3, -0.25) is 0 Å². The summed E-state index contributed by atoms with van der Waals surface area (Å²) >= 11 is 1.85. The van der Waals surface area contributed by atoms with Crippen LogP contribution in [0.15, 0.2) is 29.6 Å². The van der Waals surface area contributed by atoms with Gasteiger partial charge < -0.3 is 15.5 Å². The second-order valence-electron chi connectivity index (χ2n) is 9.65. The molecule has 0 amide bonds. The number of hydrogen-bond donors (Lipinski definition) is 2. The molecule has 2 aliphatic rings. The van der Waals surface area contributed by atoms with Gasteiger partial charge in [0.2, 0.25) is 5.95 Å². The predicted molar refractivity (Wildman–Crippen MR) is 136 cm³/mol. The van der Waals surface area contributed by atoms with E-state index in [0.29, 0.717) is 6.04 Å². The monoisotopic (exact) mass is 449 g/mol. The van der Waals surface area contributed by atoms with Crippen LogP contribution in [-0.2, 0) is 19.4 Å². The van der Waals surface area contributed by atoms with Crippen molar-refractivity contribution in [2.45, 2.75) is 64.0 Å². The summed E-state index contributed by atoms with van der Waals surface area (Å²) in [4.78, 5) is 12.0. The molecule has 0 bridgehead atoms. The van der Waals surface area contributed by atoms with Gasteiger partial charge in [-0.05, 0) is 86.2 Å². The number of aromatic nitrogens is 2. The fraction of sp³-hybridized carbons (Fsp3) is 0.538. The summed E-state index contributed by atoms with van der Waals surface area (Å²) in [5, 5.41) is 11.1. The number of thiophene rings is 1. The van der Waals surface area contributed by atoms with Crippen molar-refractivity contribution < 1.29 is 0 Å². The van der Waals surface area contributed by atoms with Gasteiger partial charge in [-0.1, -0.05) is 18.2 Å². The molecule has 3 aromatic rings. The Morgan fingerprint density at radius 3 is 2.69 bits per heavy atom. The molecule has 5 rings (SSSR count). The van der Waals surface area contributed by atoms with Crippen molar-refractivity contribution in [3.05, 3.63) is 46.5 Å². The summed E-state index contributed by atoms with van der Waals surface area (Å²) in [6.07, 6.45) is 9.63. The number of rotatable bonds is 7. The molecule has 2 N–H and O–H groups in total. The molecular weight excluding hydrogens is 414 g/mol. The van der Waals surface area contributed by atoms with Gasteiger partial charge in [-0.25, -0.2) is 4.98 Å². The van der Waals surface area contributed by atoms with E-state index >= 15 is 0 Å². The van der Waals surface area contributed by atoms with E-state index in [4.69, 9.17) is 9.97 Å². The van der Waals surface area contributed by atoms with Gasteiger partial charge in [0.1, 0.15) is 5.82 Å². The lowest BCUT2D eigenvalue weighted by molar-refractivity contribution is 0.324. The first kappa shape index (κ1) is 21.7. The minimum atomic E-state index is 0.490. The first-order chi connectivity index (χ1) is 15.7. The number of aryl methyl sites for hydroxylation is 1. The van der Waals surface area contributed by atoms with Gasteiger partial charge in [0.05, 0.1) is 5.69 Å². The Labute approximate surface area is 195 Å². The summed E-state index contributed by atoms with van der Waals surface area (Å²) in [5.74, 6) is 2.70. The van der Waals surface area contributed by atoms with Crippen molar-refractivity contribution in [1.29, 1.82) is 0 Å². The number of benzene rings is 1. The van der Waals surface area contributed by atoms with E-state index in [9.17, 15) is 0 Å². The van der Waals surface area contributed by atoms with E-state index in [2.05, 4.69) is 59.3 Å².